The van der Waals surface area contributed by atoms with Crippen molar-refractivity contribution in [3.63, 3.8) is 0 Å². The molecule has 0 aliphatic rings. The second-order valence-corrected chi connectivity index (χ2v) is 5.25. The van der Waals surface area contributed by atoms with E-state index in [-0.39, 0.29) is 0 Å². The average Bonchev–Trinajstić information content (AvgIpc) is 3.25. The fourth-order valence-electron chi connectivity index (χ4n) is 2.50. The van der Waals surface area contributed by atoms with E-state index in [4.69, 9.17) is 0 Å². The molecule has 0 radical (unpaired) electrons. The minimum Gasteiger partial charge on any atom is -0.368 e. The number of nitrogens with one attached hydrogen (secondary N) is 2. The van der Waals surface area contributed by atoms with Crippen molar-refractivity contribution in [3.8, 4) is 11.4 Å². The lowest BCUT2D eigenvalue weighted by atomic mass is 10.2. The molecule has 0 fully saturated rings. The topological polar surface area (TPSA) is 70.9 Å². The van der Waals surface area contributed by atoms with Crippen LogP contribution in [0.25, 0.3) is 17.0 Å². The summed E-state index contributed by atoms with van der Waals surface area (Å²) in [5.41, 5.74) is 2.93. The molecule has 114 valence electrons. The third kappa shape index (κ3) is 2.78. The maximum absolute atomic E-state index is 4.60. The van der Waals surface area contributed by atoms with Crippen molar-refractivity contribution in [2.24, 2.45) is 0 Å². The summed E-state index contributed by atoms with van der Waals surface area (Å²) in [5.74, 6) is 1.55. The van der Waals surface area contributed by atoms with Crippen molar-refractivity contribution in [2.45, 2.75) is 6.42 Å². The summed E-state index contributed by atoms with van der Waals surface area (Å²) in [5, 5.41) is 16.4. The molecule has 0 aliphatic heterocycles. The smallest absolute Gasteiger partial charge is 0.185 e. The number of rotatable bonds is 5. The molecule has 0 spiro atoms. The van der Waals surface area contributed by atoms with Crippen LogP contribution in [0.2, 0.25) is 0 Å². The Morgan fingerprint density at radius 2 is 1.87 bits per heavy atom. The Morgan fingerprint density at radius 1 is 0.957 bits per heavy atom. The number of aromatic nitrogens is 5. The molecule has 3 aromatic heterocycles. The van der Waals surface area contributed by atoms with Gasteiger partial charge in [0.05, 0.1) is 0 Å². The number of aromatic amines is 1. The lowest BCUT2D eigenvalue weighted by molar-refractivity contribution is 0.908. The maximum Gasteiger partial charge on any atom is 0.185 e. The molecular formula is C17H16N6. The van der Waals surface area contributed by atoms with Gasteiger partial charge in [-0.1, -0.05) is 30.3 Å². The van der Waals surface area contributed by atoms with Gasteiger partial charge in [-0.3, -0.25) is 0 Å². The molecule has 0 aliphatic carbocycles. The van der Waals surface area contributed by atoms with E-state index in [1.807, 2.05) is 54.7 Å². The van der Waals surface area contributed by atoms with E-state index in [2.05, 4.69) is 31.7 Å². The molecule has 0 atom stereocenters. The van der Waals surface area contributed by atoms with E-state index >= 15 is 0 Å². The van der Waals surface area contributed by atoms with E-state index in [1.54, 1.807) is 4.52 Å². The normalized spacial score (nSPS) is 11.0. The zero-order chi connectivity index (χ0) is 15.5. The second kappa shape index (κ2) is 5.92. The monoisotopic (exact) mass is 304 g/mol. The summed E-state index contributed by atoms with van der Waals surface area (Å²) < 4.78 is 1.77. The first-order valence-electron chi connectivity index (χ1n) is 7.54. The van der Waals surface area contributed by atoms with Crippen LogP contribution < -0.4 is 5.32 Å². The van der Waals surface area contributed by atoms with E-state index in [9.17, 15) is 0 Å². The van der Waals surface area contributed by atoms with Crippen molar-refractivity contribution in [1.29, 1.82) is 0 Å². The lowest BCUT2D eigenvalue weighted by Gasteiger charge is -2.06. The molecule has 0 saturated heterocycles. The van der Waals surface area contributed by atoms with Gasteiger partial charge in [0.25, 0.3) is 0 Å². The molecule has 1 aromatic carbocycles. The highest BCUT2D eigenvalue weighted by atomic mass is 15.4. The van der Waals surface area contributed by atoms with Gasteiger partial charge in [0.15, 0.2) is 11.5 Å². The van der Waals surface area contributed by atoms with Crippen LogP contribution in [0.1, 0.15) is 5.69 Å². The summed E-state index contributed by atoms with van der Waals surface area (Å²) in [4.78, 5) is 3.19. The molecular weight excluding hydrogens is 288 g/mol. The zero-order valence-electron chi connectivity index (χ0n) is 12.5. The van der Waals surface area contributed by atoms with Crippen molar-refractivity contribution in [2.75, 3.05) is 11.9 Å². The van der Waals surface area contributed by atoms with Crippen LogP contribution in [0.4, 0.5) is 5.82 Å². The molecule has 6 heteroatoms. The Hall–Kier alpha value is -3.15. The van der Waals surface area contributed by atoms with Gasteiger partial charge < -0.3 is 10.3 Å². The number of nitrogens with zero attached hydrogens (tertiary/aromatic N) is 4. The van der Waals surface area contributed by atoms with Gasteiger partial charge in [-0.15, -0.1) is 15.3 Å². The van der Waals surface area contributed by atoms with E-state index < -0.39 is 0 Å². The Bertz CT molecular complexity index is 895. The molecule has 3 heterocycles. The van der Waals surface area contributed by atoms with Crippen molar-refractivity contribution in [3.05, 3.63) is 66.5 Å². The lowest BCUT2D eigenvalue weighted by Crippen LogP contribution is -2.08. The van der Waals surface area contributed by atoms with Gasteiger partial charge in [-0.05, 0) is 24.3 Å². The van der Waals surface area contributed by atoms with Crippen LogP contribution in [0, 0.1) is 0 Å². The summed E-state index contributed by atoms with van der Waals surface area (Å²) in [6.07, 6.45) is 2.85. The number of hydrogen-bond donors (Lipinski definition) is 2. The van der Waals surface area contributed by atoms with Gasteiger partial charge >= 0.3 is 0 Å². The number of fused-ring (bicyclic) bond motifs is 1. The van der Waals surface area contributed by atoms with Crippen LogP contribution >= 0.6 is 0 Å². The molecule has 0 bridgehead atoms. The third-order valence-corrected chi connectivity index (χ3v) is 3.66. The second-order valence-electron chi connectivity index (χ2n) is 5.25. The Labute approximate surface area is 133 Å². The fourth-order valence-corrected chi connectivity index (χ4v) is 2.50. The van der Waals surface area contributed by atoms with E-state index in [1.165, 1.54) is 5.69 Å². The SMILES string of the molecule is c1ccc(-c2nnc3ccc(NCCc4ccc[nH]4)nn23)cc1. The largest absolute Gasteiger partial charge is 0.368 e. The van der Waals surface area contributed by atoms with E-state index in [0.29, 0.717) is 0 Å². The van der Waals surface area contributed by atoms with E-state index in [0.717, 1.165) is 35.8 Å². The molecule has 6 nitrogen and oxygen atoms in total. The highest BCUT2D eigenvalue weighted by Gasteiger charge is 2.09. The standard InChI is InChI=1S/C17H16N6/c1-2-5-13(6-3-1)17-21-20-16-9-8-15(22-23(16)17)19-12-10-14-7-4-11-18-14/h1-9,11,18H,10,12H2,(H,19,22). The number of H-pyrrole nitrogens is 1. The van der Waals surface area contributed by atoms with Gasteiger partial charge in [0, 0.05) is 30.4 Å². The summed E-state index contributed by atoms with van der Waals surface area (Å²) in [6.45, 7) is 0.807. The first-order chi connectivity index (χ1) is 11.4. The molecule has 4 aromatic rings. The van der Waals surface area contributed by atoms with Crippen molar-refractivity contribution < 1.29 is 0 Å². The number of hydrogen-bond acceptors (Lipinski definition) is 4. The Balaban J connectivity index is 1.57. The first kappa shape index (κ1) is 13.5. The van der Waals surface area contributed by atoms with Crippen LogP contribution in [0.15, 0.2) is 60.8 Å². The highest BCUT2D eigenvalue weighted by molar-refractivity contribution is 5.59. The van der Waals surface area contributed by atoms with Gasteiger partial charge in [0.2, 0.25) is 0 Å². The highest BCUT2D eigenvalue weighted by Crippen LogP contribution is 2.17. The van der Waals surface area contributed by atoms with Crippen LogP contribution in [-0.2, 0) is 6.42 Å². The van der Waals surface area contributed by atoms with Gasteiger partial charge in [-0.25, -0.2) is 0 Å². The van der Waals surface area contributed by atoms with Crippen LogP contribution in [0.5, 0.6) is 0 Å². The van der Waals surface area contributed by atoms with Crippen LogP contribution in [-0.4, -0.2) is 31.3 Å². The summed E-state index contributed by atoms with van der Waals surface area (Å²) in [6, 6.07) is 17.9. The minimum atomic E-state index is 0.735. The van der Waals surface area contributed by atoms with Gasteiger partial charge in [0.1, 0.15) is 5.82 Å². The zero-order valence-corrected chi connectivity index (χ0v) is 12.5. The molecule has 23 heavy (non-hydrogen) atoms. The first-order valence-corrected chi connectivity index (χ1v) is 7.54. The predicted molar refractivity (Wildman–Crippen MR) is 89.2 cm³/mol. The molecule has 2 N–H and O–H groups in total. The number of benzene rings is 1. The molecule has 4 rings (SSSR count). The molecule has 0 amide bonds. The van der Waals surface area contributed by atoms with Crippen molar-refractivity contribution in [1.82, 2.24) is 24.8 Å². The quantitative estimate of drug-likeness (QED) is 0.595. The Morgan fingerprint density at radius 3 is 2.70 bits per heavy atom. The van der Waals surface area contributed by atoms with Crippen LogP contribution in [0.3, 0.4) is 0 Å². The van der Waals surface area contributed by atoms with Gasteiger partial charge in [-0.2, -0.15) is 4.52 Å². The molecule has 0 saturated carbocycles. The fraction of sp³-hybridized carbons (Fsp3) is 0.118. The average molecular weight is 304 g/mol. The predicted octanol–water partition coefficient (Wildman–Crippen LogP) is 2.77. The molecule has 0 unspecified atom stereocenters. The van der Waals surface area contributed by atoms with Crippen molar-refractivity contribution >= 4 is 11.5 Å². The Kier molecular flexibility index (Phi) is 3.48. The summed E-state index contributed by atoms with van der Waals surface area (Å²) in [7, 11) is 0. The third-order valence-electron chi connectivity index (χ3n) is 3.66. The maximum atomic E-state index is 4.60. The summed E-state index contributed by atoms with van der Waals surface area (Å²) >= 11 is 0. The minimum absolute atomic E-state index is 0.735. The number of anilines is 1.